The van der Waals surface area contributed by atoms with E-state index in [1.165, 1.54) is 17.4 Å². The first-order valence-electron chi connectivity index (χ1n) is 9.71. The third kappa shape index (κ3) is 5.22. The summed E-state index contributed by atoms with van der Waals surface area (Å²) in [4.78, 5) is 29.1. The van der Waals surface area contributed by atoms with Gasteiger partial charge in [0.15, 0.2) is 0 Å². The lowest BCUT2D eigenvalue weighted by molar-refractivity contribution is -0.122. The van der Waals surface area contributed by atoms with Crippen molar-refractivity contribution in [2.45, 2.75) is 13.1 Å². The Bertz CT molecular complexity index is 1280. The Morgan fingerprint density at radius 1 is 1.06 bits per heavy atom. The van der Waals surface area contributed by atoms with Crippen molar-refractivity contribution in [1.29, 1.82) is 0 Å². The first-order chi connectivity index (χ1) is 15.5. The average molecular weight is 467 g/mol. The summed E-state index contributed by atoms with van der Waals surface area (Å²) in [6, 6.07) is 17.7. The zero-order chi connectivity index (χ0) is 22.5. The molecule has 0 radical (unpaired) electrons. The van der Waals surface area contributed by atoms with E-state index in [4.69, 9.17) is 16.3 Å². The van der Waals surface area contributed by atoms with E-state index < -0.39 is 0 Å². The van der Waals surface area contributed by atoms with E-state index in [-0.39, 0.29) is 24.6 Å². The summed E-state index contributed by atoms with van der Waals surface area (Å²) in [5.41, 5.74) is 2.75. The number of rotatable bonds is 7. The molecule has 0 spiro atoms. The number of hydrogen-bond donors (Lipinski definition) is 1. The van der Waals surface area contributed by atoms with Crippen LogP contribution in [-0.4, -0.2) is 27.8 Å². The number of thiazole rings is 1. The normalized spacial score (nSPS) is 10.7. The highest BCUT2D eigenvalue weighted by Crippen LogP contribution is 2.25. The average Bonchev–Trinajstić information content (AvgIpc) is 3.29. The second-order valence-corrected chi connectivity index (χ2v) is 8.17. The van der Waals surface area contributed by atoms with Crippen molar-refractivity contribution in [3.63, 3.8) is 0 Å². The number of ether oxygens (including phenoxy) is 1. The van der Waals surface area contributed by atoms with E-state index in [9.17, 15) is 9.59 Å². The maximum atomic E-state index is 12.4. The number of halogens is 1. The van der Waals surface area contributed by atoms with Crippen LogP contribution in [0.1, 0.15) is 5.69 Å². The number of methoxy groups -OCH3 is 1. The Labute approximate surface area is 193 Å². The molecular weight excluding hydrogens is 448 g/mol. The fourth-order valence-electron chi connectivity index (χ4n) is 2.97. The summed E-state index contributed by atoms with van der Waals surface area (Å²) < 4.78 is 6.31. The minimum atomic E-state index is -0.353. The molecule has 2 aromatic heterocycles. The summed E-state index contributed by atoms with van der Waals surface area (Å²) in [5, 5.41) is 10.5. The van der Waals surface area contributed by atoms with Crippen LogP contribution in [-0.2, 0) is 17.9 Å². The van der Waals surface area contributed by atoms with Gasteiger partial charge in [-0.2, -0.15) is 5.10 Å². The van der Waals surface area contributed by atoms with Crippen molar-refractivity contribution in [2.75, 3.05) is 7.11 Å². The largest absolute Gasteiger partial charge is 0.497 e. The number of nitrogens with one attached hydrogen (secondary N) is 1. The molecule has 4 rings (SSSR count). The van der Waals surface area contributed by atoms with Crippen molar-refractivity contribution in [3.05, 3.63) is 87.1 Å². The maximum absolute atomic E-state index is 12.4. The number of carbonyl (C=O) groups is 1. The minimum absolute atomic E-state index is 0.185. The SMILES string of the molecule is COc1ccc(-c2nc(CNC(=O)Cn3nc(-c4ccc(Cl)cc4)ccc3=O)cs2)cc1. The van der Waals surface area contributed by atoms with Gasteiger partial charge in [0.1, 0.15) is 17.3 Å². The first-order valence-corrected chi connectivity index (χ1v) is 11.0. The van der Waals surface area contributed by atoms with Gasteiger partial charge in [0.25, 0.3) is 5.56 Å². The molecule has 32 heavy (non-hydrogen) atoms. The molecular formula is C23H19ClN4O3S. The minimum Gasteiger partial charge on any atom is -0.497 e. The molecule has 0 saturated carbocycles. The Balaban J connectivity index is 1.39. The van der Waals surface area contributed by atoms with Gasteiger partial charge in [0, 0.05) is 27.6 Å². The quantitative estimate of drug-likeness (QED) is 0.444. The topological polar surface area (TPSA) is 86.1 Å². The molecule has 0 aliphatic rings. The monoisotopic (exact) mass is 466 g/mol. The molecule has 9 heteroatoms. The molecule has 7 nitrogen and oxygen atoms in total. The summed E-state index contributed by atoms with van der Waals surface area (Å²) in [5.74, 6) is 0.452. The molecule has 0 atom stereocenters. The van der Waals surface area contributed by atoms with Crippen LogP contribution in [0.2, 0.25) is 5.02 Å². The molecule has 0 unspecified atom stereocenters. The summed E-state index contributed by atoms with van der Waals surface area (Å²) in [6.07, 6.45) is 0. The zero-order valence-corrected chi connectivity index (χ0v) is 18.7. The molecule has 1 N–H and O–H groups in total. The number of carbonyl (C=O) groups excluding carboxylic acids is 1. The Hall–Kier alpha value is -3.49. The summed E-state index contributed by atoms with van der Waals surface area (Å²) >= 11 is 7.41. The lowest BCUT2D eigenvalue weighted by Gasteiger charge is -2.08. The molecule has 0 aliphatic carbocycles. The Kier molecular flexibility index (Phi) is 6.63. The fraction of sp³-hybridized carbons (Fsp3) is 0.130. The number of hydrogen-bond acceptors (Lipinski definition) is 6. The van der Waals surface area contributed by atoms with Crippen LogP contribution in [0.15, 0.2) is 70.8 Å². The first kappa shape index (κ1) is 21.7. The van der Waals surface area contributed by atoms with Gasteiger partial charge in [-0.05, 0) is 42.5 Å². The van der Waals surface area contributed by atoms with Gasteiger partial charge in [-0.25, -0.2) is 9.67 Å². The Morgan fingerprint density at radius 3 is 2.50 bits per heavy atom. The predicted octanol–water partition coefficient (Wildman–Crippen LogP) is 4.01. The van der Waals surface area contributed by atoms with Crippen LogP contribution < -0.4 is 15.6 Å². The second kappa shape index (κ2) is 9.76. The lowest BCUT2D eigenvalue weighted by atomic mass is 10.1. The molecule has 0 bridgehead atoms. The van der Waals surface area contributed by atoms with Crippen LogP contribution in [0.25, 0.3) is 21.8 Å². The fourth-order valence-corrected chi connectivity index (χ4v) is 3.92. The smallest absolute Gasteiger partial charge is 0.267 e. The van der Waals surface area contributed by atoms with Gasteiger partial charge in [-0.15, -0.1) is 11.3 Å². The third-order valence-electron chi connectivity index (χ3n) is 4.66. The maximum Gasteiger partial charge on any atom is 0.267 e. The van der Waals surface area contributed by atoms with Crippen molar-refractivity contribution >= 4 is 28.8 Å². The zero-order valence-electron chi connectivity index (χ0n) is 17.1. The molecule has 0 saturated heterocycles. The van der Waals surface area contributed by atoms with Crippen LogP contribution in [0.3, 0.4) is 0 Å². The van der Waals surface area contributed by atoms with Gasteiger partial charge in [-0.3, -0.25) is 9.59 Å². The number of benzene rings is 2. The summed E-state index contributed by atoms with van der Waals surface area (Å²) in [6.45, 7) is 0.0762. The summed E-state index contributed by atoms with van der Waals surface area (Å²) in [7, 11) is 1.62. The van der Waals surface area contributed by atoms with E-state index in [1.807, 2.05) is 41.8 Å². The highest BCUT2D eigenvalue weighted by atomic mass is 35.5. The van der Waals surface area contributed by atoms with Crippen molar-refractivity contribution in [3.8, 4) is 27.6 Å². The number of nitrogens with zero attached hydrogens (tertiary/aromatic N) is 3. The van der Waals surface area contributed by atoms with Gasteiger partial charge in [0.2, 0.25) is 5.91 Å². The molecule has 0 fully saturated rings. The Morgan fingerprint density at radius 2 is 1.78 bits per heavy atom. The van der Waals surface area contributed by atoms with E-state index in [1.54, 1.807) is 25.3 Å². The van der Waals surface area contributed by atoms with E-state index in [0.29, 0.717) is 10.7 Å². The number of amides is 1. The van der Waals surface area contributed by atoms with Crippen molar-refractivity contribution in [1.82, 2.24) is 20.1 Å². The molecule has 0 aliphatic heterocycles. The third-order valence-corrected chi connectivity index (χ3v) is 5.85. The van der Waals surface area contributed by atoms with E-state index in [0.717, 1.165) is 32.3 Å². The predicted molar refractivity (Wildman–Crippen MR) is 125 cm³/mol. The lowest BCUT2D eigenvalue weighted by Crippen LogP contribution is -2.33. The van der Waals surface area contributed by atoms with Crippen LogP contribution in [0.4, 0.5) is 0 Å². The standard InChI is InChI=1S/C23H19ClN4O3S/c1-31-19-8-4-16(5-9-19)23-26-18(14-32-23)12-25-21(29)13-28-22(30)11-10-20(27-28)15-2-6-17(24)7-3-15/h2-11,14H,12-13H2,1H3,(H,25,29). The molecule has 1 amide bonds. The second-order valence-electron chi connectivity index (χ2n) is 6.87. The molecule has 2 heterocycles. The van der Waals surface area contributed by atoms with Crippen LogP contribution in [0.5, 0.6) is 5.75 Å². The van der Waals surface area contributed by atoms with Gasteiger partial charge < -0.3 is 10.1 Å². The van der Waals surface area contributed by atoms with Crippen LogP contribution >= 0.6 is 22.9 Å². The molecule has 2 aromatic carbocycles. The van der Waals surface area contributed by atoms with Crippen molar-refractivity contribution < 1.29 is 9.53 Å². The van der Waals surface area contributed by atoms with Crippen LogP contribution in [0, 0.1) is 0 Å². The van der Waals surface area contributed by atoms with Gasteiger partial charge in [-0.1, -0.05) is 23.7 Å². The van der Waals surface area contributed by atoms with E-state index >= 15 is 0 Å². The van der Waals surface area contributed by atoms with Gasteiger partial charge >= 0.3 is 0 Å². The van der Waals surface area contributed by atoms with Gasteiger partial charge in [0.05, 0.1) is 25.0 Å². The number of aromatic nitrogens is 3. The molecule has 162 valence electrons. The highest BCUT2D eigenvalue weighted by molar-refractivity contribution is 7.13. The van der Waals surface area contributed by atoms with E-state index in [2.05, 4.69) is 15.4 Å². The van der Waals surface area contributed by atoms with Crippen molar-refractivity contribution in [2.24, 2.45) is 0 Å². The highest BCUT2D eigenvalue weighted by Gasteiger charge is 2.10. The molecule has 4 aromatic rings.